The topological polar surface area (TPSA) is 52.3 Å². The Kier molecular flexibility index (Phi) is 7.27. The normalized spacial score (nSPS) is 18.8. The number of aromatic nitrogens is 3. The van der Waals surface area contributed by atoms with E-state index < -0.39 is 0 Å². The van der Waals surface area contributed by atoms with Crippen LogP contribution in [0.3, 0.4) is 0 Å². The molecule has 0 radical (unpaired) electrons. The van der Waals surface area contributed by atoms with Gasteiger partial charge in [-0.2, -0.15) is 5.10 Å². The Balaban J connectivity index is 1.03. The van der Waals surface area contributed by atoms with Gasteiger partial charge in [0.2, 0.25) is 5.91 Å². The van der Waals surface area contributed by atoms with Crippen LogP contribution in [0.5, 0.6) is 0 Å². The van der Waals surface area contributed by atoms with Crippen molar-refractivity contribution in [2.24, 2.45) is 5.92 Å². The number of amides is 1. The predicted molar refractivity (Wildman–Crippen MR) is 146 cm³/mol. The van der Waals surface area contributed by atoms with Crippen LogP contribution < -0.4 is 0 Å². The van der Waals surface area contributed by atoms with Crippen molar-refractivity contribution >= 4 is 16.8 Å². The number of hydrogen-bond donors (Lipinski definition) is 0. The van der Waals surface area contributed by atoms with Crippen LogP contribution in [0.1, 0.15) is 50.3 Å². The summed E-state index contributed by atoms with van der Waals surface area (Å²) < 4.78 is 23.3. The zero-order valence-corrected chi connectivity index (χ0v) is 21.8. The molecule has 6 rings (SSSR count). The van der Waals surface area contributed by atoms with Gasteiger partial charge in [-0.15, -0.1) is 0 Å². The molecular formula is C31H35FN4O2. The molecule has 2 fully saturated rings. The Bertz CT molecular complexity index is 1380. The molecule has 0 aliphatic carbocycles. The van der Waals surface area contributed by atoms with Gasteiger partial charge in [0.05, 0.1) is 6.20 Å². The fraction of sp³-hybridized carbons (Fsp3) is 0.419. The highest BCUT2D eigenvalue weighted by atomic mass is 19.1. The Hall–Kier alpha value is -3.45. The number of carbonyl (C=O) groups is 1. The maximum Gasteiger partial charge on any atom is 0.222 e. The van der Waals surface area contributed by atoms with Gasteiger partial charge in [0.15, 0.2) is 0 Å². The van der Waals surface area contributed by atoms with Gasteiger partial charge in [0.1, 0.15) is 12.0 Å². The Morgan fingerprint density at radius 1 is 1.00 bits per heavy atom. The summed E-state index contributed by atoms with van der Waals surface area (Å²) in [5.74, 6) is 0.515. The lowest BCUT2D eigenvalue weighted by molar-refractivity contribution is -0.132. The molecule has 198 valence electrons. The second-order valence-electron chi connectivity index (χ2n) is 10.7. The molecule has 2 saturated heterocycles. The minimum Gasteiger partial charge on any atom is -0.357 e. The lowest BCUT2D eigenvalue weighted by Gasteiger charge is -2.32. The van der Waals surface area contributed by atoms with E-state index in [2.05, 4.69) is 46.3 Å². The first kappa shape index (κ1) is 24.9. The van der Waals surface area contributed by atoms with Gasteiger partial charge in [-0.3, -0.25) is 4.79 Å². The Morgan fingerprint density at radius 3 is 2.63 bits per heavy atom. The molecule has 2 aromatic carbocycles. The van der Waals surface area contributed by atoms with E-state index in [0.717, 1.165) is 63.1 Å². The molecule has 1 unspecified atom stereocenters. The average Bonchev–Trinajstić information content (AvgIpc) is 3.61. The van der Waals surface area contributed by atoms with Crippen LogP contribution in [0, 0.1) is 11.7 Å². The van der Waals surface area contributed by atoms with Crippen molar-refractivity contribution in [3.8, 4) is 11.1 Å². The SMILES string of the molecule is O=C(CCc1ccc(F)cc1)N1CCC(Cn2ccc3cc(-c4cnn(C5CCCCO5)c4)ccc32)CC1. The van der Waals surface area contributed by atoms with Gasteiger partial charge in [0, 0.05) is 61.5 Å². The van der Waals surface area contributed by atoms with E-state index in [0.29, 0.717) is 18.8 Å². The molecule has 0 N–H and O–H groups in total. The van der Waals surface area contributed by atoms with E-state index in [9.17, 15) is 9.18 Å². The lowest BCUT2D eigenvalue weighted by Crippen LogP contribution is -2.39. The number of likely N-dealkylation sites (tertiary alicyclic amines) is 1. The third kappa shape index (κ3) is 5.53. The van der Waals surface area contributed by atoms with E-state index >= 15 is 0 Å². The quantitative estimate of drug-likeness (QED) is 0.294. The van der Waals surface area contributed by atoms with E-state index in [1.807, 2.05) is 15.8 Å². The fourth-order valence-electron chi connectivity index (χ4n) is 5.82. The first-order chi connectivity index (χ1) is 18.6. The molecule has 4 heterocycles. The van der Waals surface area contributed by atoms with E-state index in [4.69, 9.17) is 4.74 Å². The molecule has 2 aliphatic rings. The van der Waals surface area contributed by atoms with Crippen LogP contribution in [0.15, 0.2) is 67.1 Å². The largest absolute Gasteiger partial charge is 0.357 e. The van der Waals surface area contributed by atoms with E-state index in [-0.39, 0.29) is 18.0 Å². The maximum absolute atomic E-state index is 13.1. The zero-order chi connectivity index (χ0) is 25.9. The fourth-order valence-corrected chi connectivity index (χ4v) is 5.82. The average molecular weight is 515 g/mol. The summed E-state index contributed by atoms with van der Waals surface area (Å²) >= 11 is 0. The van der Waals surface area contributed by atoms with Crippen LogP contribution in [-0.2, 0) is 22.5 Å². The summed E-state index contributed by atoms with van der Waals surface area (Å²) in [7, 11) is 0. The van der Waals surface area contributed by atoms with Crippen molar-refractivity contribution in [1.82, 2.24) is 19.2 Å². The molecule has 4 aromatic rings. The molecule has 38 heavy (non-hydrogen) atoms. The molecular weight excluding hydrogens is 479 g/mol. The molecule has 0 saturated carbocycles. The number of benzene rings is 2. The smallest absolute Gasteiger partial charge is 0.222 e. The molecule has 2 aromatic heterocycles. The van der Waals surface area contributed by atoms with Crippen molar-refractivity contribution in [2.75, 3.05) is 19.7 Å². The van der Waals surface area contributed by atoms with Crippen LogP contribution in [-0.4, -0.2) is 44.9 Å². The number of carbonyl (C=O) groups excluding carboxylic acids is 1. The summed E-state index contributed by atoms with van der Waals surface area (Å²) in [6.07, 6.45) is 12.8. The molecule has 7 heteroatoms. The van der Waals surface area contributed by atoms with Crippen LogP contribution in [0.2, 0.25) is 0 Å². The monoisotopic (exact) mass is 514 g/mol. The third-order valence-electron chi connectivity index (χ3n) is 8.12. The van der Waals surface area contributed by atoms with E-state index in [1.54, 1.807) is 12.1 Å². The van der Waals surface area contributed by atoms with Crippen molar-refractivity contribution in [3.05, 3.63) is 78.5 Å². The van der Waals surface area contributed by atoms with Gasteiger partial charge in [0.25, 0.3) is 0 Å². The lowest BCUT2D eigenvalue weighted by atomic mass is 9.96. The van der Waals surface area contributed by atoms with Crippen LogP contribution in [0.25, 0.3) is 22.0 Å². The Labute approximate surface area is 223 Å². The molecule has 6 nitrogen and oxygen atoms in total. The van der Waals surface area contributed by atoms with Crippen molar-refractivity contribution < 1.29 is 13.9 Å². The summed E-state index contributed by atoms with van der Waals surface area (Å²) in [6, 6.07) is 15.3. The van der Waals surface area contributed by atoms with Crippen molar-refractivity contribution in [2.45, 2.75) is 57.7 Å². The van der Waals surface area contributed by atoms with Gasteiger partial charge in [-0.25, -0.2) is 9.07 Å². The van der Waals surface area contributed by atoms with Gasteiger partial charge in [-0.05, 0) is 85.9 Å². The second-order valence-corrected chi connectivity index (χ2v) is 10.7. The summed E-state index contributed by atoms with van der Waals surface area (Å²) in [6.45, 7) is 3.40. The molecule has 0 bridgehead atoms. The third-order valence-corrected chi connectivity index (χ3v) is 8.12. The number of halogens is 1. The number of ether oxygens (including phenoxy) is 1. The number of piperidine rings is 1. The molecule has 0 spiro atoms. The molecule has 2 aliphatic heterocycles. The summed E-state index contributed by atoms with van der Waals surface area (Å²) in [5.41, 5.74) is 4.54. The number of hydrogen-bond acceptors (Lipinski definition) is 3. The predicted octanol–water partition coefficient (Wildman–Crippen LogP) is 6.21. The highest BCUT2D eigenvalue weighted by Crippen LogP contribution is 2.29. The first-order valence-electron chi connectivity index (χ1n) is 13.9. The summed E-state index contributed by atoms with van der Waals surface area (Å²) in [4.78, 5) is 14.7. The minimum absolute atomic E-state index is 0.0545. The van der Waals surface area contributed by atoms with E-state index in [1.165, 1.54) is 35.0 Å². The van der Waals surface area contributed by atoms with Crippen LogP contribution >= 0.6 is 0 Å². The van der Waals surface area contributed by atoms with Gasteiger partial charge in [-0.1, -0.05) is 18.2 Å². The molecule has 1 atom stereocenters. The number of rotatable bonds is 7. The van der Waals surface area contributed by atoms with Crippen molar-refractivity contribution in [3.63, 3.8) is 0 Å². The number of fused-ring (bicyclic) bond motifs is 1. The van der Waals surface area contributed by atoms with Crippen LogP contribution in [0.4, 0.5) is 4.39 Å². The number of nitrogens with zero attached hydrogens (tertiary/aromatic N) is 4. The highest BCUT2D eigenvalue weighted by molar-refractivity contribution is 5.85. The standard InChI is InChI=1S/C31H35FN4O2/c32-28-8-4-23(5-9-28)6-11-30(37)34-15-12-24(13-16-34)21-35-17-14-26-19-25(7-10-29(26)35)27-20-33-36(22-27)31-3-1-2-18-38-31/h4-5,7-10,14,17,19-20,22,24,31H,1-3,6,11-13,15-16,18,21H2. The van der Waals surface area contributed by atoms with Gasteiger partial charge >= 0.3 is 0 Å². The number of aryl methyl sites for hydroxylation is 1. The zero-order valence-electron chi connectivity index (χ0n) is 21.8. The molecule has 1 amide bonds. The summed E-state index contributed by atoms with van der Waals surface area (Å²) in [5, 5.41) is 5.81. The Morgan fingerprint density at radius 2 is 1.84 bits per heavy atom. The van der Waals surface area contributed by atoms with Crippen molar-refractivity contribution in [1.29, 1.82) is 0 Å². The first-order valence-corrected chi connectivity index (χ1v) is 13.9. The second kappa shape index (κ2) is 11.1. The minimum atomic E-state index is -0.240. The highest BCUT2D eigenvalue weighted by Gasteiger charge is 2.23. The maximum atomic E-state index is 13.1. The van der Waals surface area contributed by atoms with Gasteiger partial charge < -0.3 is 14.2 Å².